The van der Waals surface area contributed by atoms with E-state index >= 15 is 0 Å². The lowest BCUT2D eigenvalue weighted by Crippen LogP contribution is -2.59. The first kappa shape index (κ1) is 20.7. The highest BCUT2D eigenvalue weighted by molar-refractivity contribution is 8.68. The molecule has 152 valence electrons. The fourth-order valence-corrected chi connectivity index (χ4v) is 21.3. The maximum atomic E-state index is 6.73. The van der Waals surface area contributed by atoms with Crippen LogP contribution in [0, 0.1) is 0 Å². The standard InChI is InChI=1S/C22H40O2S2/c1-4-6-9-17-26(5-2,19-25-3,20-11-7-8-12-20,21-14-16-23-18-21)22-13-10-15-24-22/h14,16,18,20,22H,4-13,15,17,19H2,1-3H3. The third kappa shape index (κ3) is 2.58. The molecule has 0 amide bonds. The van der Waals surface area contributed by atoms with E-state index in [1.54, 1.807) is 4.90 Å². The van der Waals surface area contributed by atoms with Crippen LogP contribution in [0.5, 0.6) is 0 Å². The highest BCUT2D eigenvalue weighted by atomic mass is 32.4. The molecule has 1 aromatic heterocycles. The van der Waals surface area contributed by atoms with Crippen molar-refractivity contribution in [2.75, 3.05) is 29.5 Å². The zero-order valence-electron chi connectivity index (χ0n) is 17.2. The molecule has 1 saturated carbocycles. The minimum absolute atomic E-state index is 0.435. The van der Waals surface area contributed by atoms with E-state index in [9.17, 15) is 0 Å². The van der Waals surface area contributed by atoms with Gasteiger partial charge in [0.05, 0.1) is 11.7 Å². The second-order valence-electron chi connectivity index (χ2n) is 8.83. The highest BCUT2D eigenvalue weighted by Crippen LogP contribution is 3.01. The Hall–Kier alpha value is -0.0600. The first-order valence-electron chi connectivity index (χ1n) is 10.8. The number of hydrogen-bond donors (Lipinski definition) is 0. The quantitative estimate of drug-likeness (QED) is 0.390. The monoisotopic (exact) mass is 400 g/mol. The van der Waals surface area contributed by atoms with E-state index in [2.05, 4.69) is 44.2 Å². The van der Waals surface area contributed by atoms with E-state index in [1.165, 1.54) is 74.4 Å². The van der Waals surface area contributed by atoms with Crippen LogP contribution in [0.2, 0.25) is 0 Å². The molecule has 2 heterocycles. The van der Waals surface area contributed by atoms with E-state index < -0.39 is 8.29 Å². The molecule has 3 rings (SSSR count). The summed E-state index contributed by atoms with van der Waals surface area (Å²) in [5, 5.41) is 2.08. The smallest absolute Gasteiger partial charge is 0.101 e. The first-order valence-corrected chi connectivity index (χ1v) is 15.3. The maximum Gasteiger partial charge on any atom is 0.101 e. The van der Waals surface area contributed by atoms with E-state index in [4.69, 9.17) is 9.15 Å². The van der Waals surface area contributed by atoms with Crippen LogP contribution in [-0.2, 0) is 4.74 Å². The second kappa shape index (κ2) is 7.75. The van der Waals surface area contributed by atoms with Crippen molar-refractivity contribution in [3.63, 3.8) is 0 Å². The third-order valence-corrected chi connectivity index (χ3v) is 21.7. The van der Waals surface area contributed by atoms with Gasteiger partial charge in [-0.2, -0.15) is 11.8 Å². The Kier molecular flexibility index (Phi) is 6.16. The van der Waals surface area contributed by atoms with Crippen LogP contribution in [0.1, 0.15) is 71.6 Å². The molecule has 1 aliphatic carbocycles. The Balaban J connectivity index is 2.31. The van der Waals surface area contributed by atoms with Gasteiger partial charge in [-0.15, -0.1) is 0 Å². The second-order valence-corrected chi connectivity index (χ2v) is 17.8. The fraction of sp³-hybridized carbons (Fsp3) is 0.818. The Morgan fingerprint density at radius 2 is 1.92 bits per heavy atom. The largest absolute Gasteiger partial charge is 0.472 e. The molecule has 2 aliphatic rings. The predicted molar refractivity (Wildman–Crippen MR) is 119 cm³/mol. The number of ether oxygens (including phenoxy) is 1. The zero-order valence-corrected chi connectivity index (χ0v) is 18.8. The summed E-state index contributed by atoms with van der Waals surface area (Å²) in [5.74, 6) is 2.64. The van der Waals surface area contributed by atoms with Gasteiger partial charge in [0.2, 0.25) is 0 Å². The van der Waals surface area contributed by atoms with Gasteiger partial charge in [0.1, 0.15) is 6.26 Å². The normalized spacial score (nSPS) is 24.7. The summed E-state index contributed by atoms with van der Waals surface area (Å²) in [6.07, 6.45) is 18.5. The predicted octanol–water partition coefficient (Wildman–Crippen LogP) is 7.12. The molecular formula is C22H40O2S2. The van der Waals surface area contributed by atoms with E-state index in [1.807, 2.05) is 6.26 Å². The van der Waals surface area contributed by atoms with Crippen molar-refractivity contribution >= 4 is 20.1 Å². The van der Waals surface area contributed by atoms with Crippen molar-refractivity contribution in [3.8, 4) is 0 Å². The van der Waals surface area contributed by atoms with Crippen LogP contribution in [0.3, 0.4) is 0 Å². The molecule has 0 spiro atoms. The van der Waals surface area contributed by atoms with Crippen molar-refractivity contribution in [2.24, 2.45) is 0 Å². The molecule has 2 fully saturated rings. The number of hydrogen-bond acceptors (Lipinski definition) is 3. The van der Waals surface area contributed by atoms with Crippen LogP contribution in [0.4, 0.5) is 0 Å². The molecule has 1 atom stereocenters. The molecule has 0 aromatic carbocycles. The molecule has 2 nitrogen and oxygen atoms in total. The lowest BCUT2D eigenvalue weighted by atomic mass is 10.3. The van der Waals surface area contributed by atoms with Gasteiger partial charge in [0, 0.05) is 16.6 Å². The zero-order chi connectivity index (χ0) is 18.6. The van der Waals surface area contributed by atoms with Gasteiger partial charge in [-0.3, -0.25) is 0 Å². The minimum Gasteiger partial charge on any atom is -0.472 e. The molecule has 1 aromatic rings. The molecule has 4 heteroatoms. The number of rotatable bonds is 10. The van der Waals surface area contributed by atoms with Crippen LogP contribution in [-0.4, -0.2) is 40.1 Å². The highest BCUT2D eigenvalue weighted by Gasteiger charge is 2.71. The van der Waals surface area contributed by atoms with Crippen molar-refractivity contribution in [3.05, 3.63) is 18.6 Å². The number of unbranched alkanes of at least 4 members (excludes halogenated alkanes) is 2. The Morgan fingerprint density at radius 1 is 1.12 bits per heavy atom. The Bertz CT molecular complexity index is 555. The molecular weight excluding hydrogens is 360 g/mol. The van der Waals surface area contributed by atoms with Gasteiger partial charge in [-0.05, 0) is 61.2 Å². The first-order chi connectivity index (χ1) is 12.6. The van der Waals surface area contributed by atoms with Crippen molar-refractivity contribution < 1.29 is 9.15 Å². The van der Waals surface area contributed by atoms with Gasteiger partial charge in [0.25, 0.3) is 0 Å². The summed E-state index contributed by atoms with van der Waals surface area (Å²) < 4.78 is 12.5. The average Bonchev–Trinajstić information content (AvgIpc) is 3.45. The lowest BCUT2D eigenvalue weighted by Gasteiger charge is -2.84. The summed E-state index contributed by atoms with van der Waals surface area (Å²) in [6, 6.07) is 2.35. The summed E-state index contributed by atoms with van der Waals surface area (Å²) in [5.41, 5.74) is 0.435. The molecule has 1 unspecified atom stereocenters. The van der Waals surface area contributed by atoms with Crippen LogP contribution >= 0.6 is 20.1 Å². The van der Waals surface area contributed by atoms with Gasteiger partial charge in [0.15, 0.2) is 0 Å². The van der Waals surface area contributed by atoms with Gasteiger partial charge in [-0.1, -0.05) is 39.5 Å². The topological polar surface area (TPSA) is 22.4 Å². The molecule has 0 N–H and O–H groups in total. The van der Waals surface area contributed by atoms with Crippen molar-refractivity contribution in [1.82, 2.24) is 0 Å². The van der Waals surface area contributed by atoms with Gasteiger partial charge < -0.3 is 9.15 Å². The van der Waals surface area contributed by atoms with E-state index in [0.29, 0.717) is 5.44 Å². The summed E-state index contributed by atoms with van der Waals surface area (Å²) in [6.45, 7) is 5.80. The van der Waals surface area contributed by atoms with E-state index in [0.717, 1.165) is 11.9 Å². The maximum absolute atomic E-state index is 6.73. The molecule has 26 heavy (non-hydrogen) atoms. The third-order valence-electron chi connectivity index (χ3n) is 8.10. The van der Waals surface area contributed by atoms with Crippen molar-refractivity contribution in [1.29, 1.82) is 0 Å². The number of thioether (sulfide) groups is 1. The van der Waals surface area contributed by atoms with Crippen molar-refractivity contribution in [2.45, 2.75) is 87.2 Å². The van der Waals surface area contributed by atoms with Crippen LogP contribution in [0.15, 0.2) is 27.9 Å². The average molecular weight is 401 g/mol. The number of furan rings is 1. The fourth-order valence-electron chi connectivity index (χ4n) is 6.66. The Morgan fingerprint density at radius 3 is 2.46 bits per heavy atom. The summed E-state index contributed by atoms with van der Waals surface area (Å²) in [7, 11) is -2.70. The SMILES string of the molecule is CCCCCS(CC)(CSC)(c1ccoc1)(C1CCCC1)C1CCCO1. The summed E-state index contributed by atoms with van der Waals surface area (Å²) in [4.78, 5) is 1.57. The van der Waals surface area contributed by atoms with Crippen LogP contribution in [0.25, 0.3) is 0 Å². The lowest BCUT2D eigenvalue weighted by molar-refractivity contribution is 0.164. The van der Waals surface area contributed by atoms with E-state index in [-0.39, 0.29) is 0 Å². The molecule has 1 aliphatic heterocycles. The van der Waals surface area contributed by atoms with Crippen LogP contribution < -0.4 is 0 Å². The Labute approximate surface area is 164 Å². The molecule has 0 radical (unpaired) electrons. The minimum atomic E-state index is -2.70. The molecule has 1 saturated heterocycles. The molecule has 0 bridgehead atoms. The summed E-state index contributed by atoms with van der Waals surface area (Å²) >= 11 is 2.09. The van der Waals surface area contributed by atoms with Gasteiger partial charge in [-0.25, -0.2) is 8.29 Å². The van der Waals surface area contributed by atoms with Gasteiger partial charge >= 0.3 is 0 Å².